The van der Waals surface area contributed by atoms with Gasteiger partial charge < -0.3 is 39.9 Å². The second-order valence-electron chi connectivity index (χ2n) is 11.2. The number of nitrogens with two attached hydrogens (primary N) is 1. The van der Waals surface area contributed by atoms with Crippen molar-refractivity contribution in [3.05, 3.63) is 70.3 Å². The second kappa shape index (κ2) is 15.0. The number of rotatable bonds is 5. The predicted molar refractivity (Wildman–Crippen MR) is 166 cm³/mol. The molecule has 2 bridgehead atoms. The zero-order chi connectivity index (χ0) is 32.7. The normalized spacial score (nSPS) is 28.8. The summed E-state index contributed by atoms with van der Waals surface area (Å²) in [5.74, 6) is -1.95. The smallest absolute Gasteiger partial charge is 0.420 e. The molecule has 1 aromatic carbocycles. The van der Waals surface area contributed by atoms with Crippen LogP contribution < -0.4 is 16.8 Å². The Morgan fingerprint density at radius 3 is 2.57 bits per heavy atom. The van der Waals surface area contributed by atoms with E-state index >= 15 is 0 Å². The summed E-state index contributed by atoms with van der Waals surface area (Å²) >= 11 is 0. The monoisotopic (exact) mass is 613 g/mol. The average Bonchev–Trinajstić information content (AvgIpc) is 3.28. The number of allylic oxidation sites excluding steroid dienone is 3. The highest BCUT2D eigenvalue weighted by Gasteiger charge is 2.30. The standard InChI is InChI=1S/C32H43N3O9/c1-8-12-35-26-21-13-17(2)14-25(42-7)27(36)19(4)15-20(5)29(44-31(33)39)23(41-6)11-9-10-18(3)30(38)34-22(28(21)37)16-24(26)43-32(35)40/h8-11,15-17,19,23,25,27,29,36-37H,1,12-14H2,2-7H3,(H2,33,39)(H,34,38)/b11-9-,18-10+,20-15+/t17-,19+,23?,25?,27?,29?/m1/s1. The molecular weight excluding hydrogens is 570 g/mol. The molecule has 0 saturated heterocycles. The average molecular weight is 614 g/mol. The maximum absolute atomic E-state index is 13.1. The fourth-order valence-corrected chi connectivity index (χ4v) is 5.49. The number of aliphatic hydroxyl groups excluding tert-OH is 1. The van der Waals surface area contributed by atoms with E-state index in [2.05, 4.69) is 11.9 Å². The number of aromatic nitrogens is 1. The van der Waals surface area contributed by atoms with Gasteiger partial charge in [0.1, 0.15) is 11.9 Å². The summed E-state index contributed by atoms with van der Waals surface area (Å²) < 4.78 is 23.5. The fraction of sp³-hybridized carbons (Fsp3) is 0.469. The first-order valence-electron chi connectivity index (χ1n) is 14.4. The van der Waals surface area contributed by atoms with Crippen LogP contribution in [0.25, 0.3) is 11.1 Å². The molecule has 0 aliphatic carbocycles. The van der Waals surface area contributed by atoms with Crippen LogP contribution in [-0.4, -0.2) is 65.4 Å². The Bertz CT molecular complexity index is 1520. The number of anilines is 1. The molecule has 0 fully saturated rings. The zero-order valence-corrected chi connectivity index (χ0v) is 26.0. The number of ether oxygens (including phenoxy) is 3. The number of aromatic hydroxyl groups is 1. The lowest BCUT2D eigenvalue weighted by Gasteiger charge is -2.29. The third-order valence-corrected chi connectivity index (χ3v) is 7.79. The van der Waals surface area contributed by atoms with Gasteiger partial charge in [-0.1, -0.05) is 44.2 Å². The van der Waals surface area contributed by atoms with Crippen molar-refractivity contribution >= 4 is 28.8 Å². The molecule has 44 heavy (non-hydrogen) atoms. The zero-order valence-electron chi connectivity index (χ0n) is 26.0. The van der Waals surface area contributed by atoms with Gasteiger partial charge in [0.15, 0.2) is 11.7 Å². The van der Waals surface area contributed by atoms with Gasteiger partial charge in [-0.2, -0.15) is 0 Å². The molecule has 3 rings (SSSR count). The van der Waals surface area contributed by atoms with Crippen LogP contribution in [0.5, 0.6) is 5.75 Å². The van der Waals surface area contributed by atoms with Crippen LogP contribution in [-0.2, 0) is 32.0 Å². The number of hydrogen-bond acceptors (Lipinski definition) is 9. The first-order valence-corrected chi connectivity index (χ1v) is 14.4. The number of carbonyl (C=O) groups is 2. The Balaban J connectivity index is 2.19. The molecule has 4 unspecified atom stereocenters. The first-order chi connectivity index (χ1) is 20.8. The second-order valence-corrected chi connectivity index (χ2v) is 11.2. The summed E-state index contributed by atoms with van der Waals surface area (Å²) in [4.78, 5) is 37.6. The number of aliphatic hydroxyl groups is 1. The number of amides is 2. The van der Waals surface area contributed by atoms with E-state index in [1.165, 1.54) is 30.9 Å². The molecule has 12 heteroatoms. The number of phenolic OH excluding ortho intramolecular Hbond substituents is 1. The van der Waals surface area contributed by atoms with Gasteiger partial charge in [0, 0.05) is 43.9 Å². The van der Waals surface area contributed by atoms with Crippen molar-refractivity contribution in [2.45, 2.75) is 71.5 Å². The molecule has 0 radical (unpaired) electrons. The van der Waals surface area contributed by atoms with Crippen LogP contribution in [0.1, 0.15) is 39.7 Å². The van der Waals surface area contributed by atoms with E-state index in [4.69, 9.17) is 24.4 Å². The quantitative estimate of drug-likeness (QED) is 0.287. The molecule has 12 nitrogen and oxygen atoms in total. The Labute approximate surface area is 256 Å². The van der Waals surface area contributed by atoms with Gasteiger partial charge in [-0.25, -0.2) is 9.59 Å². The molecule has 1 aliphatic rings. The van der Waals surface area contributed by atoms with Crippen molar-refractivity contribution < 1.29 is 38.4 Å². The van der Waals surface area contributed by atoms with E-state index in [-0.39, 0.29) is 41.5 Å². The minimum atomic E-state index is -0.995. The maximum Gasteiger partial charge on any atom is 0.420 e. The van der Waals surface area contributed by atoms with Crippen molar-refractivity contribution in [1.29, 1.82) is 0 Å². The number of benzene rings is 1. The summed E-state index contributed by atoms with van der Waals surface area (Å²) in [5, 5.41) is 25.4. The van der Waals surface area contributed by atoms with E-state index in [9.17, 15) is 24.6 Å². The van der Waals surface area contributed by atoms with Crippen LogP contribution in [0.3, 0.4) is 0 Å². The van der Waals surface area contributed by atoms with Crippen molar-refractivity contribution in [1.82, 2.24) is 4.57 Å². The third kappa shape index (κ3) is 7.87. The molecule has 0 spiro atoms. The van der Waals surface area contributed by atoms with Crippen LogP contribution in [0.4, 0.5) is 10.5 Å². The number of phenols is 1. The van der Waals surface area contributed by atoms with Crippen molar-refractivity contribution in [2.24, 2.45) is 17.6 Å². The highest BCUT2D eigenvalue weighted by Crippen LogP contribution is 2.38. The molecule has 1 aromatic heterocycles. The van der Waals surface area contributed by atoms with Gasteiger partial charge >= 0.3 is 11.8 Å². The van der Waals surface area contributed by atoms with Crippen LogP contribution in [0.15, 0.2) is 63.4 Å². The lowest BCUT2D eigenvalue weighted by molar-refractivity contribution is -0.112. The summed E-state index contributed by atoms with van der Waals surface area (Å²) in [5.41, 5.74) is 7.30. The number of methoxy groups -OCH3 is 2. The predicted octanol–water partition coefficient (Wildman–Crippen LogP) is 3.95. The number of nitrogens with zero attached hydrogens (tertiary/aromatic N) is 1. The van der Waals surface area contributed by atoms with Crippen LogP contribution >= 0.6 is 0 Å². The van der Waals surface area contributed by atoms with Crippen molar-refractivity contribution in [3.63, 3.8) is 0 Å². The van der Waals surface area contributed by atoms with Crippen molar-refractivity contribution in [3.8, 4) is 5.75 Å². The molecule has 2 amide bonds. The fourth-order valence-electron chi connectivity index (χ4n) is 5.49. The molecular formula is C32H43N3O9. The number of carbonyl (C=O) groups excluding carboxylic acids is 2. The van der Waals surface area contributed by atoms with E-state index in [0.717, 1.165) is 0 Å². The Morgan fingerprint density at radius 1 is 1.25 bits per heavy atom. The molecule has 5 N–H and O–H groups in total. The van der Waals surface area contributed by atoms with Gasteiger partial charge in [-0.3, -0.25) is 9.36 Å². The van der Waals surface area contributed by atoms with Crippen LogP contribution in [0, 0.1) is 11.8 Å². The summed E-state index contributed by atoms with van der Waals surface area (Å²) in [7, 11) is 2.94. The number of primary amides is 1. The molecule has 240 valence electrons. The molecule has 2 aromatic rings. The summed E-state index contributed by atoms with van der Waals surface area (Å²) in [6.45, 7) is 10.9. The van der Waals surface area contributed by atoms with E-state index < -0.39 is 48.1 Å². The van der Waals surface area contributed by atoms with Gasteiger partial charge in [-0.15, -0.1) is 6.58 Å². The maximum atomic E-state index is 13.1. The Kier molecular flexibility index (Phi) is 11.7. The molecule has 1 aliphatic heterocycles. The first kappa shape index (κ1) is 34.4. The molecule has 6 atom stereocenters. The highest BCUT2D eigenvalue weighted by atomic mass is 16.6. The minimum Gasteiger partial charge on any atom is -0.505 e. The number of nitrogens with one attached hydrogen (secondary N) is 1. The summed E-state index contributed by atoms with van der Waals surface area (Å²) in [6.07, 6.45) is 4.43. The molecule has 2 heterocycles. The van der Waals surface area contributed by atoms with E-state index in [1.807, 2.05) is 13.8 Å². The van der Waals surface area contributed by atoms with Crippen molar-refractivity contribution in [2.75, 3.05) is 19.5 Å². The van der Waals surface area contributed by atoms with E-state index in [0.29, 0.717) is 23.1 Å². The number of fused-ring (bicyclic) bond motifs is 4. The van der Waals surface area contributed by atoms with Crippen LogP contribution in [0.2, 0.25) is 0 Å². The lowest BCUT2D eigenvalue weighted by Crippen LogP contribution is -2.37. The Hall–Kier alpha value is -4.13. The molecule has 0 saturated carbocycles. The van der Waals surface area contributed by atoms with Gasteiger partial charge in [0.2, 0.25) is 0 Å². The third-order valence-electron chi connectivity index (χ3n) is 7.79. The number of oxazole rings is 1. The lowest BCUT2D eigenvalue weighted by atomic mass is 9.88. The minimum absolute atomic E-state index is 0.0697. The van der Waals surface area contributed by atoms with Gasteiger partial charge in [-0.05, 0) is 38.2 Å². The Morgan fingerprint density at radius 2 is 1.95 bits per heavy atom. The largest absolute Gasteiger partial charge is 0.505 e. The SMILES string of the molecule is C=CCn1c(=O)oc2cc3c(O)c(c21)C[C@@H](C)CC(OC)C(O)[C@@H](C)/C=C(\C)C(OC(N)=O)C(OC)/C=C\C=C(/C)C(=O)N3. The summed E-state index contributed by atoms with van der Waals surface area (Å²) in [6, 6.07) is 1.41. The highest BCUT2D eigenvalue weighted by molar-refractivity contribution is 6.05. The van der Waals surface area contributed by atoms with E-state index in [1.54, 1.807) is 38.2 Å². The topological polar surface area (TPSA) is 175 Å². The van der Waals surface area contributed by atoms with Gasteiger partial charge in [0.25, 0.3) is 5.91 Å². The number of hydrogen-bond donors (Lipinski definition) is 4. The van der Waals surface area contributed by atoms with Gasteiger partial charge in [0.05, 0.1) is 23.4 Å².